The summed E-state index contributed by atoms with van der Waals surface area (Å²) >= 11 is 0. The van der Waals surface area contributed by atoms with E-state index < -0.39 is 0 Å². The maximum Gasteiger partial charge on any atom is 0.251 e. The van der Waals surface area contributed by atoms with Crippen molar-refractivity contribution in [3.8, 4) is 5.69 Å². The first-order valence-electron chi connectivity index (χ1n) is 8.53. The molecule has 6 heteroatoms. The number of rotatable bonds is 5. The van der Waals surface area contributed by atoms with Gasteiger partial charge in [0.25, 0.3) is 5.91 Å². The van der Waals surface area contributed by atoms with Crippen molar-refractivity contribution in [2.24, 2.45) is 0 Å². The van der Waals surface area contributed by atoms with Crippen LogP contribution in [0.15, 0.2) is 67.1 Å². The molecule has 26 heavy (non-hydrogen) atoms. The Hall–Kier alpha value is -3.41. The zero-order chi connectivity index (χ0) is 17.9. The molecule has 130 valence electrons. The summed E-state index contributed by atoms with van der Waals surface area (Å²) in [6, 6.07) is 15.5. The predicted octanol–water partition coefficient (Wildman–Crippen LogP) is 3.28. The summed E-state index contributed by atoms with van der Waals surface area (Å²) in [5.41, 5.74) is 2.58. The van der Waals surface area contributed by atoms with Crippen LogP contribution in [0.5, 0.6) is 0 Å². The molecule has 0 saturated heterocycles. The number of imidazole rings is 1. The summed E-state index contributed by atoms with van der Waals surface area (Å²) in [5.74, 6) is 0.898. The molecule has 0 spiro atoms. The van der Waals surface area contributed by atoms with Crippen molar-refractivity contribution >= 4 is 16.8 Å². The first kappa shape index (κ1) is 16.1. The van der Waals surface area contributed by atoms with Gasteiger partial charge >= 0.3 is 0 Å². The molecule has 4 aromatic rings. The molecule has 0 radical (unpaired) electrons. The lowest BCUT2D eigenvalue weighted by atomic mass is 10.1. The van der Waals surface area contributed by atoms with Crippen LogP contribution in [0, 0.1) is 0 Å². The van der Waals surface area contributed by atoms with Gasteiger partial charge < -0.3 is 10.3 Å². The number of amides is 1. The zero-order valence-corrected chi connectivity index (χ0v) is 14.4. The molecular formula is C20H19N5O. The third kappa shape index (κ3) is 3.09. The standard InChI is InChI=1S/C20H19N5O/c1-14(19-21-10-11-22-19)12-23-20(26)15-6-8-17(9-7-15)25-18-5-3-2-4-16(18)13-24-25/h2-11,13-14H,12H2,1H3,(H,21,22)(H,23,26). The van der Waals surface area contributed by atoms with Gasteiger partial charge in [0.15, 0.2) is 0 Å². The van der Waals surface area contributed by atoms with E-state index in [0.717, 1.165) is 22.4 Å². The lowest BCUT2D eigenvalue weighted by Crippen LogP contribution is -2.27. The first-order valence-corrected chi connectivity index (χ1v) is 8.53. The Labute approximate surface area is 150 Å². The van der Waals surface area contributed by atoms with Crippen LogP contribution in [0.25, 0.3) is 16.6 Å². The Morgan fingerprint density at radius 3 is 2.77 bits per heavy atom. The van der Waals surface area contributed by atoms with Crippen LogP contribution < -0.4 is 5.32 Å². The van der Waals surface area contributed by atoms with Crippen molar-refractivity contribution in [3.63, 3.8) is 0 Å². The second kappa shape index (κ2) is 6.84. The van der Waals surface area contributed by atoms with Gasteiger partial charge in [-0.3, -0.25) is 4.79 Å². The highest BCUT2D eigenvalue weighted by Crippen LogP contribution is 2.18. The number of hydrogen-bond acceptors (Lipinski definition) is 3. The number of aromatic nitrogens is 4. The molecule has 2 aromatic carbocycles. The molecule has 0 aliphatic carbocycles. The predicted molar refractivity (Wildman–Crippen MR) is 100 cm³/mol. The van der Waals surface area contributed by atoms with Gasteiger partial charge in [0, 0.05) is 35.8 Å². The van der Waals surface area contributed by atoms with Gasteiger partial charge in [0.1, 0.15) is 5.82 Å². The van der Waals surface area contributed by atoms with Crippen molar-refractivity contribution in [1.29, 1.82) is 0 Å². The Balaban J connectivity index is 1.46. The van der Waals surface area contributed by atoms with Crippen molar-refractivity contribution < 1.29 is 4.79 Å². The summed E-state index contributed by atoms with van der Waals surface area (Å²) in [6.07, 6.45) is 5.34. The number of H-pyrrole nitrogens is 1. The quantitative estimate of drug-likeness (QED) is 0.583. The number of nitrogens with zero attached hydrogens (tertiary/aromatic N) is 3. The fourth-order valence-corrected chi connectivity index (χ4v) is 2.92. The number of aromatic amines is 1. The number of hydrogen-bond donors (Lipinski definition) is 2. The minimum Gasteiger partial charge on any atom is -0.351 e. The molecule has 4 rings (SSSR count). The molecule has 0 saturated carbocycles. The van der Waals surface area contributed by atoms with Gasteiger partial charge in [-0.2, -0.15) is 5.10 Å². The molecule has 0 fully saturated rings. The number of nitrogens with one attached hydrogen (secondary N) is 2. The number of carbonyl (C=O) groups is 1. The number of fused-ring (bicyclic) bond motifs is 1. The van der Waals surface area contributed by atoms with E-state index in [0.29, 0.717) is 12.1 Å². The molecule has 0 aliphatic heterocycles. The molecule has 1 atom stereocenters. The Morgan fingerprint density at radius 2 is 2.00 bits per heavy atom. The van der Waals surface area contributed by atoms with Crippen LogP contribution >= 0.6 is 0 Å². The molecule has 0 bridgehead atoms. The molecule has 2 aromatic heterocycles. The summed E-state index contributed by atoms with van der Waals surface area (Å²) in [6.45, 7) is 2.54. The minimum atomic E-state index is -0.0970. The fraction of sp³-hybridized carbons (Fsp3) is 0.150. The van der Waals surface area contributed by atoms with Crippen molar-refractivity contribution in [2.75, 3.05) is 6.54 Å². The fourth-order valence-electron chi connectivity index (χ4n) is 2.92. The first-order chi connectivity index (χ1) is 12.7. The molecule has 2 N–H and O–H groups in total. The Kier molecular flexibility index (Phi) is 4.23. The maximum atomic E-state index is 12.4. The van der Waals surface area contributed by atoms with Crippen LogP contribution in [0.3, 0.4) is 0 Å². The molecule has 0 aliphatic rings. The van der Waals surface area contributed by atoms with Crippen LogP contribution in [0.2, 0.25) is 0 Å². The van der Waals surface area contributed by atoms with Crippen molar-refractivity contribution in [1.82, 2.24) is 25.1 Å². The van der Waals surface area contributed by atoms with E-state index in [9.17, 15) is 4.79 Å². The van der Waals surface area contributed by atoms with Gasteiger partial charge in [0.05, 0.1) is 17.4 Å². The lowest BCUT2D eigenvalue weighted by Gasteiger charge is -2.11. The maximum absolute atomic E-state index is 12.4. The van der Waals surface area contributed by atoms with E-state index in [1.807, 2.05) is 66.3 Å². The summed E-state index contributed by atoms with van der Waals surface area (Å²) in [7, 11) is 0. The smallest absolute Gasteiger partial charge is 0.251 e. The van der Waals surface area contributed by atoms with E-state index in [4.69, 9.17) is 0 Å². The minimum absolute atomic E-state index is 0.0970. The SMILES string of the molecule is CC(CNC(=O)c1ccc(-n2ncc3ccccc32)cc1)c1ncc[nH]1. The summed E-state index contributed by atoms with van der Waals surface area (Å²) in [4.78, 5) is 19.6. The average Bonchev–Trinajstić information content (AvgIpc) is 3.36. The van der Waals surface area contributed by atoms with Crippen LogP contribution in [0.4, 0.5) is 0 Å². The van der Waals surface area contributed by atoms with Crippen LogP contribution in [-0.2, 0) is 0 Å². The van der Waals surface area contributed by atoms with Crippen LogP contribution in [-0.4, -0.2) is 32.2 Å². The summed E-state index contributed by atoms with van der Waals surface area (Å²) < 4.78 is 1.87. The van der Waals surface area contributed by atoms with Crippen molar-refractivity contribution in [3.05, 3.63) is 78.5 Å². The second-order valence-electron chi connectivity index (χ2n) is 6.25. The molecule has 6 nitrogen and oxygen atoms in total. The summed E-state index contributed by atoms with van der Waals surface area (Å²) in [5, 5.41) is 8.47. The van der Waals surface area contributed by atoms with Gasteiger partial charge in [0.2, 0.25) is 0 Å². The molecule has 1 amide bonds. The monoisotopic (exact) mass is 345 g/mol. The highest BCUT2D eigenvalue weighted by molar-refractivity contribution is 5.94. The van der Waals surface area contributed by atoms with Gasteiger partial charge in [-0.15, -0.1) is 0 Å². The average molecular weight is 345 g/mol. The van der Waals surface area contributed by atoms with E-state index in [2.05, 4.69) is 20.4 Å². The van der Waals surface area contributed by atoms with Crippen molar-refractivity contribution in [2.45, 2.75) is 12.8 Å². The molecular weight excluding hydrogens is 326 g/mol. The second-order valence-corrected chi connectivity index (χ2v) is 6.25. The number of benzene rings is 2. The Bertz CT molecular complexity index is 1020. The largest absolute Gasteiger partial charge is 0.351 e. The normalized spacial score (nSPS) is 12.2. The lowest BCUT2D eigenvalue weighted by molar-refractivity contribution is 0.0951. The number of para-hydroxylation sites is 1. The van der Waals surface area contributed by atoms with E-state index in [1.54, 1.807) is 12.4 Å². The topological polar surface area (TPSA) is 75.6 Å². The van der Waals surface area contributed by atoms with Crippen LogP contribution in [0.1, 0.15) is 29.0 Å². The number of carbonyl (C=O) groups excluding carboxylic acids is 1. The zero-order valence-electron chi connectivity index (χ0n) is 14.4. The van der Waals surface area contributed by atoms with Gasteiger partial charge in [-0.05, 0) is 30.3 Å². The highest BCUT2D eigenvalue weighted by Gasteiger charge is 2.11. The van der Waals surface area contributed by atoms with E-state index >= 15 is 0 Å². The third-order valence-corrected chi connectivity index (χ3v) is 4.41. The molecule has 1 unspecified atom stereocenters. The highest BCUT2D eigenvalue weighted by atomic mass is 16.1. The van der Waals surface area contributed by atoms with E-state index in [1.165, 1.54) is 0 Å². The Morgan fingerprint density at radius 1 is 1.19 bits per heavy atom. The van der Waals surface area contributed by atoms with E-state index in [-0.39, 0.29) is 11.8 Å². The van der Waals surface area contributed by atoms with Gasteiger partial charge in [-0.25, -0.2) is 9.67 Å². The van der Waals surface area contributed by atoms with Gasteiger partial charge in [-0.1, -0.05) is 25.1 Å². The molecule has 2 heterocycles. The third-order valence-electron chi connectivity index (χ3n) is 4.41.